The summed E-state index contributed by atoms with van der Waals surface area (Å²) >= 11 is 0. The van der Waals surface area contributed by atoms with Crippen molar-refractivity contribution in [3.63, 3.8) is 0 Å². The van der Waals surface area contributed by atoms with Crippen LogP contribution in [0.25, 0.3) is 0 Å². The van der Waals surface area contributed by atoms with Gasteiger partial charge in [0.1, 0.15) is 12.0 Å². The molecular weight excluding hydrogens is 380 g/mol. The Morgan fingerprint density at radius 3 is 2.64 bits per heavy atom. The van der Waals surface area contributed by atoms with E-state index in [-0.39, 0.29) is 5.75 Å². The van der Waals surface area contributed by atoms with E-state index in [1.54, 1.807) is 13.1 Å². The summed E-state index contributed by atoms with van der Waals surface area (Å²) < 4.78 is 31.3. The Bertz CT molecular complexity index is 723. The zero-order valence-electron chi connectivity index (χ0n) is 16.9. The van der Waals surface area contributed by atoms with Crippen LogP contribution in [0, 0.1) is 0 Å². The Morgan fingerprint density at radius 1 is 1.32 bits per heavy atom. The van der Waals surface area contributed by atoms with E-state index in [1.165, 1.54) is 36.3 Å². The molecule has 9 nitrogen and oxygen atoms in total. The fraction of sp³-hybridized carbons (Fsp3) is 0.778. The SMILES string of the molecule is CN=C(NCCN(C)C1CCCC1)N1CCN(S(=O)(=O)Cc2ccon2)CC1. The van der Waals surface area contributed by atoms with E-state index in [2.05, 4.69) is 32.3 Å². The van der Waals surface area contributed by atoms with Gasteiger partial charge >= 0.3 is 0 Å². The van der Waals surface area contributed by atoms with Gasteiger partial charge in [0, 0.05) is 58.4 Å². The number of nitrogens with one attached hydrogen (secondary N) is 1. The lowest BCUT2D eigenvalue weighted by Gasteiger charge is -2.36. The van der Waals surface area contributed by atoms with Crippen LogP contribution in [0.5, 0.6) is 0 Å². The average Bonchev–Trinajstić information content (AvgIpc) is 3.39. The summed E-state index contributed by atoms with van der Waals surface area (Å²) in [5.74, 6) is 0.720. The molecule has 1 aliphatic carbocycles. The summed E-state index contributed by atoms with van der Waals surface area (Å²) in [5, 5.41) is 7.13. The molecular formula is C18H32N6O3S. The van der Waals surface area contributed by atoms with Crippen LogP contribution in [0.15, 0.2) is 21.8 Å². The first-order chi connectivity index (χ1) is 13.5. The monoisotopic (exact) mass is 412 g/mol. The number of hydrogen-bond donors (Lipinski definition) is 1. The Morgan fingerprint density at radius 2 is 2.04 bits per heavy atom. The minimum Gasteiger partial charge on any atom is -0.364 e. The van der Waals surface area contributed by atoms with E-state index in [4.69, 9.17) is 4.52 Å². The largest absolute Gasteiger partial charge is 0.364 e. The van der Waals surface area contributed by atoms with E-state index in [9.17, 15) is 8.42 Å². The van der Waals surface area contributed by atoms with Crippen molar-refractivity contribution >= 4 is 16.0 Å². The van der Waals surface area contributed by atoms with Crippen LogP contribution in [-0.4, -0.2) is 93.0 Å². The topological polar surface area (TPSA) is 94.3 Å². The summed E-state index contributed by atoms with van der Waals surface area (Å²) in [5.41, 5.74) is 0.436. The highest BCUT2D eigenvalue weighted by Crippen LogP contribution is 2.21. The van der Waals surface area contributed by atoms with Gasteiger partial charge in [0.25, 0.3) is 0 Å². The van der Waals surface area contributed by atoms with Crippen molar-refractivity contribution in [3.8, 4) is 0 Å². The number of piperazine rings is 1. The van der Waals surface area contributed by atoms with E-state index < -0.39 is 10.0 Å². The van der Waals surface area contributed by atoms with Gasteiger partial charge in [-0.3, -0.25) is 4.99 Å². The molecule has 158 valence electrons. The minimum atomic E-state index is -3.38. The first kappa shape index (κ1) is 21.1. The maximum Gasteiger partial charge on any atom is 0.220 e. The van der Waals surface area contributed by atoms with Gasteiger partial charge in [-0.2, -0.15) is 4.31 Å². The van der Waals surface area contributed by atoms with Gasteiger partial charge in [0.15, 0.2) is 5.96 Å². The normalized spacial score (nSPS) is 20.2. The molecule has 1 N–H and O–H groups in total. The standard InChI is InChI=1S/C18H32N6O3S/c1-19-18(20-8-9-22(2)17-5-3-4-6-17)23-10-12-24(13-11-23)28(25,26)15-16-7-14-27-21-16/h7,14,17H,3-6,8-13,15H2,1-2H3,(H,19,20). The smallest absolute Gasteiger partial charge is 0.220 e. The summed E-state index contributed by atoms with van der Waals surface area (Å²) in [6.07, 6.45) is 6.68. The third-order valence-electron chi connectivity index (χ3n) is 5.66. The number of guanidine groups is 1. The molecule has 1 aliphatic heterocycles. The highest BCUT2D eigenvalue weighted by molar-refractivity contribution is 7.88. The Hall–Kier alpha value is -1.65. The van der Waals surface area contributed by atoms with E-state index in [0.29, 0.717) is 37.9 Å². The third-order valence-corrected chi connectivity index (χ3v) is 7.47. The molecule has 0 spiro atoms. The Kier molecular flexibility index (Phi) is 7.30. The third kappa shape index (κ3) is 5.45. The van der Waals surface area contributed by atoms with Crippen LogP contribution in [0.2, 0.25) is 0 Å². The number of likely N-dealkylation sites (N-methyl/N-ethyl adjacent to an activating group) is 1. The number of sulfonamides is 1. The molecule has 10 heteroatoms. The van der Waals surface area contributed by atoms with Crippen molar-refractivity contribution in [2.75, 3.05) is 53.4 Å². The van der Waals surface area contributed by atoms with E-state index in [0.717, 1.165) is 19.0 Å². The van der Waals surface area contributed by atoms with Gasteiger partial charge < -0.3 is 19.6 Å². The zero-order valence-corrected chi connectivity index (χ0v) is 17.7. The maximum absolute atomic E-state index is 12.5. The predicted molar refractivity (Wildman–Crippen MR) is 109 cm³/mol. The number of aromatic nitrogens is 1. The van der Waals surface area contributed by atoms with Crippen molar-refractivity contribution in [2.45, 2.75) is 37.5 Å². The van der Waals surface area contributed by atoms with Gasteiger partial charge in [-0.1, -0.05) is 18.0 Å². The Labute approximate surface area is 167 Å². The Balaban J connectivity index is 1.43. The van der Waals surface area contributed by atoms with E-state index >= 15 is 0 Å². The van der Waals surface area contributed by atoms with Crippen LogP contribution >= 0.6 is 0 Å². The van der Waals surface area contributed by atoms with Gasteiger partial charge in [0.2, 0.25) is 10.0 Å². The fourth-order valence-corrected chi connectivity index (χ4v) is 5.40. The van der Waals surface area contributed by atoms with Crippen LogP contribution in [-0.2, 0) is 15.8 Å². The fourth-order valence-electron chi connectivity index (χ4n) is 3.97. The molecule has 2 heterocycles. The molecule has 2 aliphatic rings. The molecule has 1 aromatic rings. The van der Waals surface area contributed by atoms with Gasteiger partial charge in [0.05, 0.1) is 5.69 Å². The molecule has 1 aromatic heterocycles. The van der Waals surface area contributed by atoms with Crippen LogP contribution in [0.3, 0.4) is 0 Å². The lowest BCUT2D eigenvalue weighted by molar-refractivity contribution is 0.242. The maximum atomic E-state index is 12.5. The van der Waals surface area contributed by atoms with Crippen LogP contribution in [0.1, 0.15) is 31.4 Å². The molecule has 1 saturated heterocycles. The van der Waals surface area contributed by atoms with E-state index in [1.807, 2.05) is 0 Å². The van der Waals surface area contributed by atoms with Crippen LogP contribution < -0.4 is 5.32 Å². The average molecular weight is 413 g/mol. The number of hydrogen-bond acceptors (Lipinski definition) is 6. The quantitative estimate of drug-likeness (QED) is 0.517. The second kappa shape index (κ2) is 9.71. The number of rotatable bonds is 7. The lowest BCUT2D eigenvalue weighted by Crippen LogP contribution is -2.54. The molecule has 0 bridgehead atoms. The van der Waals surface area contributed by atoms with Crippen molar-refractivity contribution in [1.82, 2.24) is 24.6 Å². The molecule has 0 atom stereocenters. The highest BCUT2D eigenvalue weighted by atomic mass is 32.2. The molecule has 1 saturated carbocycles. The first-order valence-electron chi connectivity index (χ1n) is 10.0. The van der Waals surface area contributed by atoms with Gasteiger partial charge in [-0.25, -0.2) is 8.42 Å². The predicted octanol–water partition coefficient (Wildman–Crippen LogP) is 0.572. The minimum absolute atomic E-state index is 0.121. The van der Waals surface area contributed by atoms with Gasteiger partial charge in [-0.05, 0) is 19.9 Å². The summed E-state index contributed by atoms with van der Waals surface area (Å²) in [7, 11) is 0.585. The molecule has 28 heavy (non-hydrogen) atoms. The second-order valence-electron chi connectivity index (χ2n) is 7.53. The van der Waals surface area contributed by atoms with Crippen molar-refractivity contribution in [2.24, 2.45) is 4.99 Å². The summed E-state index contributed by atoms with van der Waals surface area (Å²) in [6.45, 7) is 3.96. The first-order valence-corrected chi connectivity index (χ1v) is 11.6. The molecule has 3 rings (SSSR count). The summed E-state index contributed by atoms with van der Waals surface area (Å²) in [4.78, 5) is 8.93. The molecule has 0 unspecified atom stereocenters. The zero-order chi connectivity index (χ0) is 20.0. The molecule has 0 amide bonds. The lowest BCUT2D eigenvalue weighted by atomic mass is 10.2. The van der Waals surface area contributed by atoms with Crippen LogP contribution in [0.4, 0.5) is 0 Å². The highest BCUT2D eigenvalue weighted by Gasteiger charge is 2.29. The molecule has 0 radical (unpaired) electrons. The van der Waals surface area contributed by atoms with Crippen molar-refractivity contribution in [3.05, 3.63) is 18.0 Å². The molecule has 0 aromatic carbocycles. The second-order valence-corrected chi connectivity index (χ2v) is 9.49. The summed E-state index contributed by atoms with van der Waals surface area (Å²) in [6, 6.07) is 2.30. The molecule has 2 fully saturated rings. The van der Waals surface area contributed by atoms with Gasteiger partial charge in [-0.15, -0.1) is 0 Å². The number of aliphatic imine (C=N–C) groups is 1. The van der Waals surface area contributed by atoms with Crippen molar-refractivity contribution in [1.29, 1.82) is 0 Å². The number of nitrogens with zero attached hydrogens (tertiary/aromatic N) is 5. The van der Waals surface area contributed by atoms with Crippen molar-refractivity contribution < 1.29 is 12.9 Å².